The van der Waals surface area contributed by atoms with Crippen LogP contribution in [0.15, 0.2) is 91.0 Å². The molecule has 1 N–H and O–H groups in total. The van der Waals surface area contributed by atoms with E-state index in [-0.39, 0.29) is 11.8 Å². The summed E-state index contributed by atoms with van der Waals surface area (Å²) in [5.41, 5.74) is 2.00. The fourth-order valence-electron chi connectivity index (χ4n) is 3.57. The molecule has 0 saturated heterocycles. The first-order chi connectivity index (χ1) is 15.7. The highest BCUT2D eigenvalue weighted by molar-refractivity contribution is 5.87. The molecule has 3 aromatic carbocycles. The Morgan fingerprint density at radius 3 is 2.00 bits per heavy atom. The standard InChI is InChI=1S/C27H30N2O3/c1-28-27(31)25(20-22-12-5-2-6-13-22)29(21-23-14-7-3-8-15-23)26(30)18-11-19-32-24-16-9-4-10-17-24/h2-10,12-17,25H,11,18-21H2,1H3,(H,28,31)/t25-/m1/s1. The third-order valence-corrected chi connectivity index (χ3v) is 5.26. The molecule has 0 bridgehead atoms. The van der Waals surface area contributed by atoms with E-state index in [1.807, 2.05) is 91.0 Å². The predicted octanol–water partition coefficient (Wildman–Crippen LogP) is 4.23. The van der Waals surface area contributed by atoms with E-state index in [9.17, 15) is 9.59 Å². The highest BCUT2D eigenvalue weighted by atomic mass is 16.5. The maximum atomic E-state index is 13.3. The van der Waals surface area contributed by atoms with Crippen LogP contribution in [0, 0.1) is 0 Å². The third kappa shape index (κ3) is 6.98. The predicted molar refractivity (Wildman–Crippen MR) is 126 cm³/mol. The zero-order valence-corrected chi connectivity index (χ0v) is 18.4. The lowest BCUT2D eigenvalue weighted by Gasteiger charge is -2.31. The van der Waals surface area contributed by atoms with E-state index in [2.05, 4.69) is 5.32 Å². The van der Waals surface area contributed by atoms with Gasteiger partial charge in [0.15, 0.2) is 0 Å². The van der Waals surface area contributed by atoms with Gasteiger partial charge in [-0.25, -0.2) is 0 Å². The minimum absolute atomic E-state index is 0.0601. The van der Waals surface area contributed by atoms with E-state index in [1.165, 1.54) is 0 Å². The summed E-state index contributed by atoms with van der Waals surface area (Å²) < 4.78 is 5.73. The first kappa shape index (κ1) is 23.1. The molecule has 5 nitrogen and oxygen atoms in total. The van der Waals surface area contributed by atoms with Crippen LogP contribution in [0.25, 0.3) is 0 Å². The van der Waals surface area contributed by atoms with Crippen molar-refractivity contribution in [3.05, 3.63) is 102 Å². The molecule has 0 spiro atoms. The zero-order valence-electron chi connectivity index (χ0n) is 18.4. The average molecular weight is 431 g/mol. The van der Waals surface area contributed by atoms with Gasteiger partial charge in [-0.15, -0.1) is 0 Å². The van der Waals surface area contributed by atoms with Gasteiger partial charge < -0.3 is 15.0 Å². The molecule has 0 heterocycles. The summed E-state index contributed by atoms with van der Waals surface area (Å²) in [6.45, 7) is 0.822. The summed E-state index contributed by atoms with van der Waals surface area (Å²) >= 11 is 0. The van der Waals surface area contributed by atoms with Crippen molar-refractivity contribution in [3.8, 4) is 5.75 Å². The summed E-state index contributed by atoms with van der Waals surface area (Å²) in [4.78, 5) is 27.8. The van der Waals surface area contributed by atoms with E-state index >= 15 is 0 Å². The minimum Gasteiger partial charge on any atom is -0.494 e. The molecular weight excluding hydrogens is 400 g/mol. The summed E-state index contributed by atoms with van der Waals surface area (Å²) in [6.07, 6.45) is 1.34. The number of nitrogens with one attached hydrogen (secondary N) is 1. The van der Waals surface area contributed by atoms with Gasteiger partial charge in [-0.2, -0.15) is 0 Å². The van der Waals surface area contributed by atoms with Crippen molar-refractivity contribution in [1.29, 1.82) is 0 Å². The van der Waals surface area contributed by atoms with E-state index in [4.69, 9.17) is 4.74 Å². The highest BCUT2D eigenvalue weighted by Crippen LogP contribution is 2.17. The van der Waals surface area contributed by atoms with E-state index in [0.29, 0.717) is 32.4 Å². The SMILES string of the molecule is CNC(=O)[C@@H](Cc1ccccc1)N(Cc1ccccc1)C(=O)CCCOc1ccccc1. The number of para-hydroxylation sites is 1. The van der Waals surface area contributed by atoms with Gasteiger partial charge in [-0.05, 0) is 29.7 Å². The molecule has 0 aliphatic carbocycles. The van der Waals surface area contributed by atoms with Crippen LogP contribution < -0.4 is 10.1 Å². The smallest absolute Gasteiger partial charge is 0.242 e. The molecule has 0 aromatic heterocycles. The van der Waals surface area contributed by atoms with Crippen molar-refractivity contribution in [2.45, 2.75) is 31.8 Å². The van der Waals surface area contributed by atoms with Crippen molar-refractivity contribution in [1.82, 2.24) is 10.2 Å². The van der Waals surface area contributed by atoms with Crippen LogP contribution >= 0.6 is 0 Å². The van der Waals surface area contributed by atoms with Crippen molar-refractivity contribution in [3.63, 3.8) is 0 Å². The Morgan fingerprint density at radius 1 is 0.844 bits per heavy atom. The van der Waals surface area contributed by atoms with Gasteiger partial charge in [0.25, 0.3) is 0 Å². The first-order valence-electron chi connectivity index (χ1n) is 10.9. The number of hydrogen-bond donors (Lipinski definition) is 1. The molecule has 0 aliphatic heterocycles. The molecule has 0 fully saturated rings. The minimum atomic E-state index is -0.592. The average Bonchev–Trinajstić information content (AvgIpc) is 2.85. The highest BCUT2D eigenvalue weighted by Gasteiger charge is 2.29. The molecule has 0 saturated carbocycles. The number of amides is 2. The molecule has 2 amide bonds. The second kappa shape index (κ2) is 12.3. The molecular formula is C27H30N2O3. The lowest BCUT2D eigenvalue weighted by molar-refractivity contribution is -0.141. The Labute approximate surface area is 190 Å². The molecule has 1 atom stereocenters. The monoisotopic (exact) mass is 430 g/mol. The summed E-state index contributed by atoms with van der Waals surface area (Å²) in [5, 5.41) is 2.74. The summed E-state index contributed by atoms with van der Waals surface area (Å²) in [5.74, 6) is 0.558. The van der Waals surface area contributed by atoms with Crippen LogP contribution in [-0.2, 0) is 22.6 Å². The van der Waals surface area contributed by atoms with Crippen molar-refractivity contribution in [2.75, 3.05) is 13.7 Å². The normalized spacial score (nSPS) is 11.4. The number of benzene rings is 3. The molecule has 32 heavy (non-hydrogen) atoms. The molecule has 3 rings (SSSR count). The Balaban J connectivity index is 1.72. The summed E-state index contributed by atoms with van der Waals surface area (Å²) in [6, 6.07) is 28.5. The molecule has 166 valence electrons. The molecule has 0 aliphatic rings. The van der Waals surface area contributed by atoms with Gasteiger partial charge in [0.05, 0.1) is 6.61 Å². The van der Waals surface area contributed by atoms with Crippen LogP contribution in [0.5, 0.6) is 5.75 Å². The number of carbonyl (C=O) groups excluding carboxylic acids is 2. The maximum Gasteiger partial charge on any atom is 0.242 e. The lowest BCUT2D eigenvalue weighted by atomic mass is 10.0. The largest absolute Gasteiger partial charge is 0.494 e. The van der Waals surface area contributed by atoms with Crippen LogP contribution in [-0.4, -0.2) is 36.4 Å². The molecule has 3 aromatic rings. The number of carbonyl (C=O) groups is 2. The number of ether oxygens (including phenoxy) is 1. The van der Waals surface area contributed by atoms with Gasteiger partial charge in [-0.3, -0.25) is 9.59 Å². The number of hydrogen-bond acceptors (Lipinski definition) is 3. The van der Waals surface area contributed by atoms with Crippen LogP contribution in [0.1, 0.15) is 24.0 Å². The lowest BCUT2D eigenvalue weighted by Crippen LogP contribution is -2.49. The van der Waals surface area contributed by atoms with Gasteiger partial charge in [0, 0.05) is 26.4 Å². The quantitative estimate of drug-likeness (QED) is 0.463. The first-order valence-corrected chi connectivity index (χ1v) is 10.9. The fraction of sp³-hybridized carbons (Fsp3) is 0.259. The van der Waals surface area contributed by atoms with E-state index < -0.39 is 6.04 Å². The van der Waals surface area contributed by atoms with Gasteiger partial charge in [0.2, 0.25) is 11.8 Å². The van der Waals surface area contributed by atoms with Gasteiger partial charge in [0.1, 0.15) is 11.8 Å². The second-order valence-electron chi connectivity index (χ2n) is 7.59. The summed E-state index contributed by atoms with van der Waals surface area (Å²) in [7, 11) is 1.61. The topological polar surface area (TPSA) is 58.6 Å². The Hall–Kier alpha value is -3.60. The van der Waals surface area contributed by atoms with Gasteiger partial charge >= 0.3 is 0 Å². The third-order valence-electron chi connectivity index (χ3n) is 5.26. The van der Waals surface area contributed by atoms with Crippen LogP contribution in [0.3, 0.4) is 0 Å². The van der Waals surface area contributed by atoms with Crippen LogP contribution in [0.2, 0.25) is 0 Å². The Kier molecular flexibility index (Phi) is 8.87. The van der Waals surface area contributed by atoms with Crippen molar-refractivity contribution >= 4 is 11.8 Å². The van der Waals surface area contributed by atoms with Gasteiger partial charge in [-0.1, -0.05) is 78.9 Å². The molecule has 0 unspecified atom stereocenters. The fourth-order valence-corrected chi connectivity index (χ4v) is 3.57. The Bertz CT molecular complexity index is 962. The van der Waals surface area contributed by atoms with Crippen molar-refractivity contribution in [2.24, 2.45) is 0 Å². The molecule has 0 radical (unpaired) electrons. The maximum absolute atomic E-state index is 13.3. The number of nitrogens with zero attached hydrogens (tertiary/aromatic N) is 1. The van der Waals surface area contributed by atoms with E-state index in [1.54, 1.807) is 11.9 Å². The van der Waals surface area contributed by atoms with Crippen LogP contribution in [0.4, 0.5) is 0 Å². The Morgan fingerprint density at radius 2 is 1.41 bits per heavy atom. The molecule has 5 heteroatoms. The number of likely N-dealkylation sites (N-methyl/N-ethyl adjacent to an activating group) is 1. The van der Waals surface area contributed by atoms with Crippen molar-refractivity contribution < 1.29 is 14.3 Å². The second-order valence-corrected chi connectivity index (χ2v) is 7.59. The van der Waals surface area contributed by atoms with E-state index in [0.717, 1.165) is 16.9 Å². The number of rotatable bonds is 11. The zero-order chi connectivity index (χ0) is 22.6.